The van der Waals surface area contributed by atoms with Gasteiger partial charge in [0.15, 0.2) is 0 Å². The van der Waals surface area contributed by atoms with Gasteiger partial charge in [0.25, 0.3) is 0 Å². The smallest absolute Gasteiger partial charge is 0.220 e. The van der Waals surface area contributed by atoms with Gasteiger partial charge in [-0.3, -0.25) is 4.79 Å². The number of amides is 1. The monoisotopic (exact) mass is 263 g/mol. The number of hydrogen-bond donors (Lipinski definition) is 1. The van der Waals surface area contributed by atoms with Crippen molar-refractivity contribution in [2.24, 2.45) is 5.92 Å². The normalized spacial score (nSPS) is 12.9. The van der Waals surface area contributed by atoms with E-state index in [9.17, 15) is 4.79 Å². The lowest BCUT2D eigenvalue weighted by atomic mass is 10.1. The molecule has 0 aliphatic rings. The summed E-state index contributed by atoms with van der Waals surface area (Å²) < 4.78 is 0. The second-order valence-corrected chi connectivity index (χ2v) is 5.43. The second-order valence-electron chi connectivity index (χ2n) is 4.13. The van der Waals surface area contributed by atoms with Crippen LogP contribution < -0.4 is 5.32 Å². The third kappa shape index (κ3) is 8.54. The van der Waals surface area contributed by atoms with Crippen LogP contribution in [0.5, 0.6) is 0 Å². The fourth-order valence-electron chi connectivity index (χ4n) is 1.25. The molecule has 3 heteroatoms. The average molecular weight is 264 g/mol. The predicted molar refractivity (Wildman–Crippen MR) is 64.7 cm³/mol. The maximum absolute atomic E-state index is 11.3. The third-order valence-electron chi connectivity index (χ3n) is 2.01. The van der Waals surface area contributed by atoms with Crippen LogP contribution >= 0.6 is 15.9 Å². The molecule has 0 radical (unpaired) electrons. The van der Waals surface area contributed by atoms with Crippen LogP contribution in [0.15, 0.2) is 0 Å². The third-order valence-corrected chi connectivity index (χ3v) is 2.70. The molecule has 84 valence electrons. The molecule has 0 aliphatic heterocycles. The minimum absolute atomic E-state index is 0.181. The fourth-order valence-corrected chi connectivity index (χ4v) is 2.15. The molecule has 0 aliphatic carbocycles. The van der Waals surface area contributed by atoms with Gasteiger partial charge in [0.2, 0.25) is 5.91 Å². The molecule has 14 heavy (non-hydrogen) atoms. The number of unbranched alkanes of at least 4 members (excludes halogenated alkanes) is 1. The molecule has 1 unspecified atom stereocenters. The first kappa shape index (κ1) is 13.9. The van der Waals surface area contributed by atoms with Gasteiger partial charge in [-0.15, -0.1) is 0 Å². The van der Waals surface area contributed by atoms with Crippen molar-refractivity contribution in [3.8, 4) is 0 Å². The zero-order chi connectivity index (χ0) is 11.0. The Kier molecular flexibility index (Phi) is 8.24. The fraction of sp³-hybridized carbons (Fsp3) is 0.909. The molecule has 1 N–H and O–H groups in total. The van der Waals surface area contributed by atoms with Crippen molar-refractivity contribution in [1.82, 2.24) is 5.32 Å². The molecule has 0 bridgehead atoms. The summed E-state index contributed by atoms with van der Waals surface area (Å²) >= 11 is 3.56. The lowest BCUT2D eigenvalue weighted by Crippen LogP contribution is -2.29. The average Bonchev–Trinajstić information content (AvgIpc) is 2.10. The highest BCUT2D eigenvalue weighted by molar-refractivity contribution is 9.09. The number of carbonyl (C=O) groups excluding carboxylic acids is 1. The van der Waals surface area contributed by atoms with Gasteiger partial charge in [-0.05, 0) is 18.8 Å². The van der Waals surface area contributed by atoms with Gasteiger partial charge in [0.05, 0.1) is 0 Å². The molecule has 0 rings (SSSR count). The largest absolute Gasteiger partial charge is 0.355 e. The highest BCUT2D eigenvalue weighted by Gasteiger charge is 2.08. The Morgan fingerprint density at radius 2 is 2.07 bits per heavy atom. The standard InChI is InChI=1S/C11H22BrNO/c1-4-5-6-11(14)13-8-10(12)7-9(2)3/h9-10H,4-8H2,1-3H3,(H,13,14). The zero-order valence-electron chi connectivity index (χ0n) is 9.48. The summed E-state index contributed by atoms with van der Waals surface area (Å²) in [7, 11) is 0. The molecular weight excluding hydrogens is 242 g/mol. The molecule has 2 nitrogen and oxygen atoms in total. The number of carbonyl (C=O) groups is 1. The summed E-state index contributed by atoms with van der Waals surface area (Å²) in [6.07, 6.45) is 3.84. The Hall–Kier alpha value is -0.0500. The van der Waals surface area contributed by atoms with Gasteiger partial charge in [0.1, 0.15) is 0 Å². The minimum atomic E-state index is 0.181. The van der Waals surface area contributed by atoms with E-state index in [2.05, 4.69) is 42.0 Å². The number of rotatable bonds is 7. The summed E-state index contributed by atoms with van der Waals surface area (Å²) in [6.45, 7) is 7.22. The van der Waals surface area contributed by atoms with Crippen molar-refractivity contribution >= 4 is 21.8 Å². The van der Waals surface area contributed by atoms with Crippen LogP contribution in [0.2, 0.25) is 0 Å². The van der Waals surface area contributed by atoms with E-state index in [0.29, 0.717) is 17.2 Å². The molecule has 0 saturated carbocycles. The Bertz CT molecular complexity index is 159. The van der Waals surface area contributed by atoms with Crippen LogP contribution in [-0.4, -0.2) is 17.3 Å². The highest BCUT2D eigenvalue weighted by atomic mass is 79.9. The Morgan fingerprint density at radius 1 is 1.43 bits per heavy atom. The summed E-state index contributed by atoms with van der Waals surface area (Å²) in [4.78, 5) is 11.7. The van der Waals surface area contributed by atoms with Crippen LogP contribution in [0, 0.1) is 5.92 Å². The number of nitrogens with one attached hydrogen (secondary N) is 1. The molecular formula is C11H22BrNO. The lowest BCUT2D eigenvalue weighted by Gasteiger charge is -2.13. The van der Waals surface area contributed by atoms with E-state index in [4.69, 9.17) is 0 Å². The molecule has 0 spiro atoms. The number of hydrogen-bond acceptors (Lipinski definition) is 1. The van der Waals surface area contributed by atoms with E-state index < -0.39 is 0 Å². The van der Waals surface area contributed by atoms with Gasteiger partial charge in [-0.2, -0.15) is 0 Å². The first-order valence-electron chi connectivity index (χ1n) is 5.47. The zero-order valence-corrected chi connectivity index (χ0v) is 11.1. The summed E-state index contributed by atoms with van der Waals surface area (Å²) in [5.41, 5.74) is 0. The minimum Gasteiger partial charge on any atom is -0.355 e. The molecule has 0 aromatic carbocycles. The molecule has 1 amide bonds. The maximum atomic E-state index is 11.3. The van der Waals surface area contributed by atoms with Crippen LogP contribution in [0.3, 0.4) is 0 Å². The predicted octanol–water partition coefficient (Wildman–Crippen LogP) is 3.10. The molecule has 0 saturated heterocycles. The van der Waals surface area contributed by atoms with Crippen molar-refractivity contribution in [3.05, 3.63) is 0 Å². The maximum Gasteiger partial charge on any atom is 0.220 e. The van der Waals surface area contributed by atoms with E-state index in [1.807, 2.05) is 0 Å². The lowest BCUT2D eigenvalue weighted by molar-refractivity contribution is -0.121. The SMILES string of the molecule is CCCCC(=O)NCC(Br)CC(C)C. The number of halogens is 1. The quantitative estimate of drug-likeness (QED) is 0.703. The van der Waals surface area contributed by atoms with E-state index in [1.165, 1.54) is 0 Å². The Morgan fingerprint density at radius 3 is 2.57 bits per heavy atom. The van der Waals surface area contributed by atoms with Gasteiger partial charge in [0, 0.05) is 17.8 Å². The van der Waals surface area contributed by atoms with E-state index >= 15 is 0 Å². The topological polar surface area (TPSA) is 29.1 Å². The molecule has 1 atom stereocenters. The highest BCUT2D eigenvalue weighted by Crippen LogP contribution is 2.11. The van der Waals surface area contributed by atoms with E-state index in [1.54, 1.807) is 0 Å². The van der Waals surface area contributed by atoms with Gasteiger partial charge in [-0.1, -0.05) is 43.1 Å². The van der Waals surface area contributed by atoms with E-state index in [0.717, 1.165) is 25.8 Å². The van der Waals surface area contributed by atoms with Crippen LogP contribution in [0.4, 0.5) is 0 Å². The van der Waals surface area contributed by atoms with Crippen molar-refractivity contribution < 1.29 is 4.79 Å². The van der Waals surface area contributed by atoms with Gasteiger partial charge < -0.3 is 5.32 Å². The Balaban J connectivity index is 3.45. The second kappa shape index (κ2) is 8.27. The number of alkyl halides is 1. The molecule has 0 aromatic rings. The van der Waals surface area contributed by atoms with Gasteiger partial charge in [-0.25, -0.2) is 0 Å². The summed E-state index contributed by atoms with van der Waals surface area (Å²) in [5, 5.41) is 2.94. The Labute approximate surface area is 96.0 Å². The first-order chi connectivity index (χ1) is 6.56. The summed E-state index contributed by atoms with van der Waals surface area (Å²) in [5.74, 6) is 0.854. The van der Waals surface area contributed by atoms with Crippen LogP contribution in [0.1, 0.15) is 46.5 Å². The van der Waals surface area contributed by atoms with Gasteiger partial charge >= 0.3 is 0 Å². The summed E-state index contributed by atoms with van der Waals surface area (Å²) in [6, 6.07) is 0. The van der Waals surface area contributed by atoms with Crippen molar-refractivity contribution in [2.45, 2.75) is 51.3 Å². The van der Waals surface area contributed by atoms with Crippen molar-refractivity contribution in [2.75, 3.05) is 6.54 Å². The molecule has 0 fully saturated rings. The molecule has 0 aromatic heterocycles. The van der Waals surface area contributed by atoms with Crippen LogP contribution in [-0.2, 0) is 4.79 Å². The first-order valence-corrected chi connectivity index (χ1v) is 6.38. The van der Waals surface area contributed by atoms with Crippen LogP contribution in [0.25, 0.3) is 0 Å². The molecule has 0 heterocycles. The van der Waals surface area contributed by atoms with Crippen molar-refractivity contribution in [1.29, 1.82) is 0 Å². The van der Waals surface area contributed by atoms with Crippen molar-refractivity contribution in [3.63, 3.8) is 0 Å². The van der Waals surface area contributed by atoms with E-state index in [-0.39, 0.29) is 5.91 Å².